The summed E-state index contributed by atoms with van der Waals surface area (Å²) in [5, 5.41) is 0.512. The number of hydrogen-bond donors (Lipinski definition) is 1. The number of hydrogen-bond acceptors (Lipinski definition) is 4. The van der Waals surface area contributed by atoms with Crippen LogP contribution in [0.15, 0.2) is 36.7 Å². The van der Waals surface area contributed by atoms with E-state index in [0.29, 0.717) is 16.5 Å². The third-order valence-electron chi connectivity index (χ3n) is 1.69. The van der Waals surface area contributed by atoms with E-state index in [1.807, 2.05) is 12.1 Å². The number of aromatic nitrogens is 2. The number of benzene rings is 1. The highest BCUT2D eigenvalue weighted by Gasteiger charge is 2.03. The first kappa shape index (κ1) is 9.73. The second kappa shape index (κ2) is 4.14. The molecule has 0 aliphatic heterocycles. The zero-order chi connectivity index (χ0) is 10.7. The molecule has 0 atom stereocenters. The van der Waals surface area contributed by atoms with E-state index in [4.69, 9.17) is 22.1 Å². The van der Waals surface area contributed by atoms with Crippen molar-refractivity contribution in [1.82, 2.24) is 9.97 Å². The molecule has 1 heterocycles. The van der Waals surface area contributed by atoms with Crippen molar-refractivity contribution in [2.24, 2.45) is 0 Å². The summed E-state index contributed by atoms with van der Waals surface area (Å²) in [6, 6.07) is 7.32. The summed E-state index contributed by atoms with van der Waals surface area (Å²) >= 11 is 5.90. The molecular weight excluding hydrogens is 214 g/mol. The van der Waals surface area contributed by atoms with Crippen LogP contribution in [0.1, 0.15) is 0 Å². The smallest absolute Gasteiger partial charge is 0.322 e. The van der Waals surface area contributed by atoms with Gasteiger partial charge in [-0.15, -0.1) is 0 Å². The average molecular weight is 222 g/mol. The molecule has 0 spiro atoms. The van der Waals surface area contributed by atoms with Crippen molar-refractivity contribution >= 4 is 17.3 Å². The number of nitrogens with zero attached hydrogens (tertiary/aromatic N) is 2. The Morgan fingerprint density at radius 3 is 2.47 bits per heavy atom. The quantitative estimate of drug-likeness (QED) is 0.847. The number of ether oxygens (including phenoxy) is 1. The van der Waals surface area contributed by atoms with Gasteiger partial charge in [0, 0.05) is 0 Å². The van der Waals surface area contributed by atoms with E-state index >= 15 is 0 Å². The van der Waals surface area contributed by atoms with Crippen LogP contribution in [0.5, 0.6) is 11.8 Å². The largest absolute Gasteiger partial charge is 0.423 e. The Morgan fingerprint density at radius 1 is 1.13 bits per heavy atom. The minimum Gasteiger partial charge on any atom is -0.423 e. The van der Waals surface area contributed by atoms with Crippen molar-refractivity contribution < 1.29 is 4.74 Å². The van der Waals surface area contributed by atoms with Gasteiger partial charge in [0.15, 0.2) is 0 Å². The van der Waals surface area contributed by atoms with Crippen molar-refractivity contribution in [2.75, 3.05) is 5.73 Å². The zero-order valence-electron chi connectivity index (χ0n) is 7.72. The van der Waals surface area contributed by atoms with Gasteiger partial charge in [0.25, 0.3) is 0 Å². The molecule has 0 amide bonds. The number of nitrogens with two attached hydrogens (primary N) is 1. The van der Waals surface area contributed by atoms with Crippen molar-refractivity contribution in [2.45, 2.75) is 0 Å². The fourth-order valence-corrected chi connectivity index (χ4v) is 1.18. The van der Waals surface area contributed by atoms with Gasteiger partial charge in [0.05, 0.1) is 23.1 Å². The van der Waals surface area contributed by atoms with Crippen LogP contribution in [0.25, 0.3) is 0 Å². The molecule has 0 saturated heterocycles. The molecule has 0 fully saturated rings. The third-order valence-corrected chi connectivity index (χ3v) is 2.00. The SMILES string of the molecule is Nc1cnc(Oc2ccccc2Cl)nc1. The Balaban J connectivity index is 2.22. The van der Waals surface area contributed by atoms with Gasteiger partial charge in [-0.3, -0.25) is 0 Å². The summed E-state index contributed by atoms with van der Waals surface area (Å²) in [6.07, 6.45) is 2.94. The second-order valence-electron chi connectivity index (χ2n) is 2.83. The minimum atomic E-state index is 0.220. The van der Waals surface area contributed by atoms with Crippen LogP contribution >= 0.6 is 11.6 Å². The third kappa shape index (κ3) is 2.35. The lowest BCUT2D eigenvalue weighted by Gasteiger charge is -2.04. The molecule has 5 heteroatoms. The van der Waals surface area contributed by atoms with Crippen LogP contribution in [-0.4, -0.2) is 9.97 Å². The zero-order valence-corrected chi connectivity index (χ0v) is 8.48. The van der Waals surface area contributed by atoms with E-state index in [0.717, 1.165) is 0 Å². The van der Waals surface area contributed by atoms with Crippen molar-refractivity contribution in [3.05, 3.63) is 41.7 Å². The van der Waals surface area contributed by atoms with Gasteiger partial charge in [-0.2, -0.15) is 0 Å². The summed E-state index contributed by atoms with van der Waals surface area (Å²) in [5.74, 6) is 0.518. The maximum Gasteiger partial charge on any atom is 0.322 e. The Kier molecular flexibility index (Phi) is 2.69. The van der Waals surface area contributed by atoms with Crippen LogP contribution in [-0.2, 0) is 0 Å². The molecule has 0 aliphatic rings. The number of para-hydroxylation sites is 1. The van der Waals surface area contributed by atoms with Gasteiger partial charge in [-0.1, -0.05) is 23.7 Å². The molecule has 0 aliphatic carbocycles. The first-order valence-electron chi connectivity index (χ1n) is 4.25. The minimum absolute atomic E-state index is 0.220. The van der Waals surface area contributed by atoms with Crippen LogP contribution in [0.3, 0.4) is 0 Å². The van der Waals surface area contributed by atoms with Crippen LogP contribution < -0.4 is 10.5 Å². The van der Waals surface area contributed by atoms with Gasteiger partial charge in [0.2, 0.25) is 0 Å². The first-order valence-corrected chi connectivity index (χ1v) is 4.63. The van der Waals surface area contributed by atoms with Gasteiger partial charge in [-0.05, 0) is 12.1 Å². The Morgan fingerprint density at radius 2 is 1.80 bits per heavy atom. The standard InChI is InChI=1S/C10H8ClN3O/c11-8-3-1-2-4-9(8)15-10-13-5-7(12)6-14-10/h1-6H,12H2. The summed E-state index contributed by atoms with van der Waals surface area (Å²) in [4.78, 5) is 7.80. The molecule has 2 rings (SSSR count). The van der Waals surface area contributed by atoms with Gasteiger partial charge < -0.3 is 10.5 Å². The lowest BCUT2D eigenvalue weighted by Crippen LogP contribution is -1.94. The van der Waals surface area contributed by atoms with Crippen molar-refractivity contribution in [3.63, 3.8) is 0 Å². The highest BCUT2D eigenvalue weighted by atomic mass is 35.5. The second-order valence-corrected chi connectivity index (χ2v) is 3.24. The van der Waals surface area contributed by atoms with Gasteiger partial charge in [0.1, 0.15) is 5.75 Å². The summed E-state index contributed by atoms with van der Waals surface area (Å²) < 4.78 is 5.35. The Bertz CT molecular complexity index is 458. The fraction of sp³-hybridized carbons (Fsp3) is 0. The summed E-state index contributed by atoms with van der Waals surface area (Å²) in [6.45, 7) is 0. The Labute approximate surface area is 91.7 Å². The monoisotopic (exact) mass is 221 g/mol. The normalized spacial score (nSPS) is 9.93. The molecule has 0 unspecified atom stereocenters. The maximum absolute atomic E-state index is 5.90. The molecule has 0 radical (unpaired) electrons. The molecule has 0 saturated carbocycles. The lowest BCUT2D eigenvalue weighted by molar-refractivity contribution is 0.442. The average Bonchev–Trinajstić information content (AvgIpc) is 2.25. The topological polar surface area (TPSA) is 61.0 Å². The summed E-state index contributed by atoms with van der Waals surface area (Å²) in [7, 11) is 0. The number of anilines is 1. The van der Waals surface area contributed by atoms with E-state index in [-0.39, 0.29) is 6.01 Å². The van der Waals surface area contributed by atoms with E-state index in [2.05, 4.69) is 9.97 Å². The molecule has 1 aromatic carbocycles. The maximum atomic E-state index is 5.90. The van der Waals surface area contributed by atoms with Crippen LogP contribution in [0, 0.1) is 0 Å². The summed E-state index contributed by atoms with van der Waals surface area (Å²) in [5.41, 5.74) is 5.93. The van der Waals surface area contributed by atoms with E-state index in [9.17, 15) is 0 Å². The molecule has 4 nitrogen and oxygen atoms in total. The fourth-order valence-electron chi connectivity index (χ4n) is 1.00. The molecule has 76 valence electrons. The van der Waals surface area contributed by atoms with E-state index < -0.39 is 0 Å². The predicted octanol–water partition coefficient (Wildman–Crippen LogP) is 2.50. The first-order chi connectivity index (χ1) is 7.25. The molecule has 2 aromatic rings. The molecular formula is C10H8ClN3O. The van der Waals surface area contributed by atoms with Gasteiger partial charge >= 0.3 is 6.01 Å². The highest BCUT2D eigenvalue weighted by molar-refractivity contribution is 6.32. The lowest BCUT2D eigenvalue weighted by atomic mass is 10.3. The molecule has 1 aromatic heterocycles. The molecule has 2 N–H and O–H groups in total. The Hall–Kier alpha value is -1.81. The number of nitrogen functional groups attached to an aromatic ring is 1. The number of halogens is 1. The molecule has 0 bridgehead atoms. The van der Waals surface area contributed by atoms with Crippen LogP contribution in [0.4, 0.5) is 5.69 Å². The van der Waals surface area contributed by atoms with Crippen molar-refractivity contribution in [1.29, 1.82) is 0 Å². The highest BCUT2D eigenvalue weighted by Crippen LogP contribution is 2.26. The van der Waals surface area contributed by atoms with E-state index in [1.54, 1.807) is 12.1 Å². The number of rotatable bonds is 2. The van der Waals surface area contributed by atoms with Gasteiger partial charge in [-0.25, -0.2) is 9.97 Å². The van der Waals surface area contributed by atoms with E-state index in [1.165, 1.54) is 12.4 Å². The van der Waals surface area contributed by atoms with Crippen LogP contribution in [0.2, 0.25) is 5.02 Å². The predicted molar refractivity (Wildman–Crippen MR) is 58.0 cm³/mol. The molecule has 15 heavy (non-hydrogen) atoms. The van der Waals surface area contributed by atoms with Crippen molar-refractivity contribution in [3.8, 4) is 11.8 Å².